The van der Waals surface area contributed by atoms with Gasteiger partial charge in [-0.3, -0.25) is 9.88 Å². The van der Waals surface area contributed by atoms with Crippen LogP contribution in [0.4, 0.5) is 5.82 Å². The molecule has 0 bridgehead atoms. The Labute approximate surface area is 154 Å². The third kappa shape index (κ3) is 4.18. The number of pyridine rings is 2. The number of anilines is 1. The Hall–Kier alpha value is -2.49. The molecule has 136 valence electrons. The Morgan fingerprint density at radius 1 is 1.15 bits per heavy atom. The van der Waals surface area contributed by atoms with Crippen LogP contribution in [0.25, 0.3) is 0 Å². The van der Waals surface area contributed by atoms with Crippen molar-refractivity contribution >= 4 is 5.82 Å². The van der Waals surface area contributed by atoms with Gasteiger partial charge in [0.25, 0.3) is 0 Å². The lowest BCUT2D eigenvalue weighted by molar-refractivity contribution is 0.133. The molecule has 1 saturated heterocycles. The smallest absolute Gasteiger partial charge is 0.146 e. The second-order valence-corrected chi connectivity index (χ2v) is 6.79. The SMILES string of the molecule is Cc1cccc(CN2CCN(c3nc(C)ccc3C#N)C[C@@H]2CCO)n1. The third-order valence-corrected chi connectivity index (χ3v) is 4.81. The fourth-order valence-electron chi connectivity index (χ4n) is 3.48. The number of nitriles is 1. The molecule has 0 radical (unpaired) electrons. The highest BCUT2D eigenvalue weighted by molar-refractivity contribution is 5.54. The molecule has 1 N–H and O–H groups in total. The largest absolute Gasteiger partial charge is 0.396 e. The Balaban J connectivity index is 1.78. The summed E-state index contributed by atoms with van der Waals surface area (Å²) in [6.45, 7) is 7.25. The van der Waals surface area contributed by atoms with Crippen molar-refractivity contribution in [2.75, 3.05) is 31.1 Å². The number of aliphatic hydroxyl groups excluding tert-OH is 1. The lowest BCUT2D eigenvalue weighted by atomic mass is 10.1. The molecule has 1 aliphatic heterocycles. The van der Waals surface area contributed by atoms with Crippen molar-refractivity contribution < 1.29 is 5.11 Å². The Morgan fingerprint density at radius 3 is 2.69 bits per heavy atom. The van der Waals surface area contributed by atoms with Gasteiger partial charge in [0.1, 0.15) is 11.9 Å². The van der Waals surface area contributed by atoms with E-state index < -0.39 is 0 Å². The molecule has 6 nitrogen and oxygen atoms in total. The highest BCUT2D eigenvalue weighted by Crippen LogP contribution is 2.23. The monoisotopic (exact) mass is 351 g/mol. The van der Waals surface area contributed by atoms with Gasteiger partial charge in [0.15, 0.2) is 0 Å². The molecule has 1 aliphatic rings. The van der Waals surface area contributed by atoms with Gasteiger partial charge in [-0.25, -0.2) is 4.98 Å². The highest BCUT2D eigenvalue weighted by atomic mass is 16.3. The number of nitrogens with zero attached hydrogens (tertiary/aromatic N) is 5. The predicted molar refractivity (Wildman–Crippen MR) is 101 cm³/mol. The van der Waals surface area contributed by atoms with Crippen molar-refractivity contribution in [1.82, 2.24) is 14.9 Å². The molecule has 0 spiro atoms. The zero-order valence-electron chi connectivity index (χ0n) is 15.4. The van der Waals surface area contributed by atoms with E-state index in [1.165, 1.54) is 0 Å². The van der Waals surface area contributed by atoms with E-state index in [-0.39, 0.29) is 12.6 Å². The van der Waals surface area contributed by atoms with Gasteiger partial charge in [-0.05, 0) is 44.5 Å². The standard InChI is InChI=1S/C20H25N5O/c1-15-4-3-5-18(22-15)13-24-9-10-25(14-19(24)8-11-26)20-17(12-21)7-6-16(2)23-20/h3-7,19,26H,8-11,13-14H2,1-2H3/t19-/m0/s1. The van der Waals surface area contributed by atoms with E-state index in [0.717, 1.165) is 49.1 Å². The van der Waals surface area contributed by atoms with Crippen molar-refractivity contribution in [1.29, 1.82) is 5.26 Å². The van der Waals surface area contributed by atoms with E-state index in [1.807, 2.05) is 44.2 Å². The summed E-state index contributed by atoms with van der Waals surface area (Å²) in [5, 5.41) is 18.9. The minimum absolute atomic E-state index is 0.141. The number of piperazine rings is 1. The van der Waals surface area contributed by atoms with E-state index in [1.54, 1.807) is 0 Å². The van der Waals surface area contributed by atoms with Gasteiger partial charge in [-0.15, -0.1) is 0 Å². The van der Waals surface area contributed by atoms with E-state index in [9.17, 15) is 10.4 Å². The normalized spacial score (nSPS) is 17.9. The maximum Gasteiger partial charge on any atom is 0.146 e. The fourth-order valence-corrected chi connectivity index (χ4v) is 3.48. The van der Waals surface area contributed by atoms with Crippen LogP contribution < -0.4 is 4.90 Å². The molecule has 0 aliphatic carbocycles. The van der Waals surface area contributed by atoms with E-state index in [0.29, 0.717) is 12.0 Å². The number of hydrogen-bond acceptors (Lipinski definition) is 6. The Bertz CT molecular complexity index is 801. The average molecular weight is 351 g/mol. The van der Waals surface area contributed by atoms with Crippen molar-refractivity contribution in [3.63, 3.8) is 0 Å². The molecule has 1 atom stereocenters. The van der Waals surface area contributed by atoms with Crippen molar-refractivity contribution in [3.8, 4) is 6.07 Å². The second-order valence-electron chi connectivity index (χ2n) is 6.79. The zero-order chi connectivity index (χ0) is 18.5. The quantitative estimate of drug-likeness (QED) is 0.888. The summed E-state index contributed by atoms with van der Waals surface area (Å²) in [6.07, 6.45) is 0.690. The number of aliphatic hydroxyl groups is 1. The molecule has 2 aromatic heterocycles. The molecule has 3 heterocycles. The van der Waals surface area contributed by atoms with Gasteiger partial charge in [0.2, 0.25) is 0 Å². The molecule has 2 aromatic rings. The molecular formula is C20H25N5O. The number of aryl methyl sites for hydroxylation is 2. The Morgan fingerprint density at radius 2 is 1.96 bits per heavy atom. The molecule has 0 aromatic carbocycles. The number of hydrogen-bond donors (Lipinski definition) is 1. The summed E-state index contributed by atoms with van der Waals surface area (Å²) in [5.41, 5.74) is 3.58. The van der Waals surface area contributed by atoms with E-state index >= 15 is 0 Å². The van der Waals surface area contributed by atoms with Gasteiger partial charge < -0.3 is 10.0 Å². The summed E-state index contributed by atoms with van der Waals surface area (Å²) in [7, 11) is 0. The van der Waals surface area contributed by atoms with Crippen LogP contribution >= 0.6 is 0 Å². The van der Waals surface area contributed by atoms with Crippen molar-refractivity contribution in [2.45, 2.75) is 32.9 Å². The van der Waals surface area contributed by atoms with Crippen molar-refractivity contribution in [3.05, 3.63) is 53.0 Å². The van der Waals surface area contributed by atoms with Gasteiger partial charge in [0, 0.05) is 50.2 Å². The summed E-state index contributed by atoms with van der Waals surface area (Å²) in [4.78, 5) is 13.7. The molecule has 6 heteroatoms. The topological polar surface area (TPSA) is 76.3 Å². The van der Waals surface area contributed by atoms with Crippen LogP contribution in [0.5, 0.6) is 0 Å². The molecule has 0 saturated carbocycles. The lowest BCUT2D eigenvalue weighted by Crippen LogP contribution is -2.53. The Kier molecular flexibility index (Phi) is 5.82. The summed E-state index contributed by atoms with van der Waals surface area (Å²) < 4.78 is 0. The molecule has 0 unspecified atom stereocenters. The zero-order valence-corrected chi connectivity index (χ0v) is 15.4. The maximum absolute atomic E-state index is 9.52. The fraction of sp³-hybridized carbons (Fsp3) is 0.450. The first-order chi connectivity index (χ1) is 12.6. The molecule has 0 amide bonds. The van der Waals surface area contributed by atoms with Gasteiger partial charge in [-0.2, -0.15) is 5.26 Å². The van der Waals surface area contributed by atoms with E-state index in [4.69, 9.17) is 0 Å². The van der Waals surface area contributed by atoms with Gasteiger partial charge in [0.05, 0.1) is 11.3 Å². The second kappa shape index (κ2) is 8.26. The van der Waals surface area contributed by atoms with Crippen LogP contribution in [0.3, 0.4) is 0 Å². The minimum Gasteiger partial charge on any atom is -0.396 e. The van der Waals surface area contributed by atoms with Gasteiger partial charge >= 0.3 is 0 Å². The van der Waals surface area contributed by atoms with Crippen molar-refractivity contribution in [2.24, 2.45) is 0 Å². The first-order valence-electron chi connectivity index (χ1n) is 9.01. The number of aromatic nitrogens is 2. The first-order valence-corrected chi connectivity index (χ1v) is 9.01. The van der Waals surface area contributed by atoms with Crippen LogP contribution in [-0.2, 0) is 6.54 Å². The predicted octanol–water partition coefficient (Wildman–Crippen LogP) is 2.04. The first kappa shape index (κ1) is 18.3. The average Bonchev–Trinajstić information content (AvgIpc) is 2.63. The molecule has 26 heavy (non-hydrogen) atoms. The van der Waals surface area contributed by atoms with Crippen LogP contribution in [0.2, 0.25) is 0 Å². The summed E-state index contributed by atoms with van der Waals surface area (Å²) in [6, 6.07) is 12.2. The highest BCUT2D eigenvalue weighted by Gasteiger charge is 2.28. The van der Waals surface area contributed by atoms with Crippen LogP contribution in [-0.4, -0.2) is 52.3 Å². The van der Waals surface area contributed by atoms with Crippen LogP contribution in [0, 0.1) is 25.2 Å². The van der Waals surface area contributed by atoms with Crippen LogP contribution in [0.15, 0.2) is 30.3 Å². The lowest BCUT2D eigenvalue weighted by Gasteiger charge is -2.42. The summed E-state index contributed by atoms with van der Waals surface area (Å²) >= 11 is 0. The molecule has 1 fully saturated rings. The molecule has 3 rings (SSSR count). The number of rotatable bonds is 5. The third-order valence-electron chi connectivity index (χ3n) is 4.81. The van der Waals surface area contributed by atoms with Gasteiger partial charge in [-0.1, -0.05) is 6.07 Å². The van der Waals surface area contributed by atoms with Crippen LogP contribution in [0.1, 0.15) is 29.1 Å². The minimum atomic E-state index is 0.141. The maximum atomic E-state index is 9.52. The van der Waals surface area contributed by atoms with E-state index in [2.05, 4.69) is 25.8 Å². The molecular weight excluding hydrogens is 326 g/mol. The summed E-state index contributed by atoms with van der Waals surface area (Å²) in [5.74, 6) is 0.753.